The topological polar surface area (TPSA) is 33.3 Å². The van der Waals surface area contributed by atoms with Gasteiger partial charge < -0.3 is 15.4 Å². The highest BCUT2D eigenvalue weighted by Gasteiger charge is 2.28. The third-order valence-corrected chi connectivity index (χ3v) is 2.96. The van der Waals surface area contributed by atoms with Crippen molar-refractivity contribution in [3.8, 4) is 0 Å². The molecule has 0 spiro atoms. The summed E-state index contributed by atoms with van der Waals surface area (Å²) < 4.78 is 4.94. The Balaban J connectivity index is 2.19. The van der Waals surface area contributed by atoms with Gasteiger partial charge in [-0.25, -0.2) is 0 Å². The van der Waals surface area contributed by atoms with E-state index in [1.54, 1.807) is 7.11 Å². The fourth-order valence-electron chi connectivity index (χ4n) is 1.87. The molecule has 3 nitrogen and oxygen atoms in total. The Labute approximate surface area is 91.6 Å². The van der Waals surface area contributed by atoms with Gasteiger partial charge in [-0.3, -0.25) is 0 Å². The zero-order chi connectivity index (χ0) is 10.4. The first-order valence-corrected chi connectivity index (χ1v) is 5.62. The molecular formula is C10H20N2OS. The predicted octanol–water partition coefficient (Wildman–Crippen LogP) is 1.43. The molecule has 0 aromatic carbocycles. The molecule has 0 saturated heterocycles. The van der Waals surface area contributed by atoms with E-state index >= 15 is 0 Å². The number of rotatable bonds is 4. The minimum atomic E-state index is 0.219. The zero-order valence-electron chi connectivity index (χ0n) is 9.06. The van der Waals surface area contributed by atoms with Crippen LogP contribution in [0.3, 0.4) is 0 Å². The van der Waals surface area contributed by atoms with E-state index in [4.69, 9.17) is 17.0 Å². The maximum absolute atomic E-state index is 5.20. The summed E-state index contributed by atoms with van der Waals surface area (Å²) in [5.74, 6) is 0. The molecule has 0 aromatic rings. The molecule has 0 atom stereocenters. The van der Waals surface area contributed by atoms with E-state index < -0.39 is 0 Å². The predicted molar refractivity (Wildman–Crippen MR) is 62.5 cm³/mol. The Bertz CT molecular complexity index is 191. The third-order valence-electron chi connectivity index (χ3n) is 2.71. The first-order valence-electron chi connectivity index (χ1n) is 5.21. The molecule has 0 bridgehead atoms. The fourth-order valence-corrected chi connectivity index (χ4v) is 2.21. The highest BCUT2D eigenvalue weighted by Crippen LogP contribution is 2.28. The minimum absolute atomic E-state index is 0.219. The smallest absolute Gasteiger partial charge is 0.166 e. The molecule has 1 aliphatic rings. The molecule has 0 aromatic heterocycles. The van der Waals surface area contributed by atoms with Gasteiger partial charge in [-0.1, -0.05) is 12.8 Å². The van der Waals surface area contributed by atoms with E-state index in [9.17, 15) is 0 Å². The van der Waals surface area contributed by atoms with Crippen molar-refractivity contribution in [3.63, 3.8) is 0 Å². The minimum Gasteiger partial charge on any atom is -0.383 e. The Kier molecular flexibility index (Phi) is 4.62. The standard InChI is InChI=1S/C10H20N2OS/c1-10(5-3-4-6-10)12-9(14)11-7-8-13-2/h3-8H2,1-2H3,(H2,11,12,14). The second-order valence-corrected chi connectivity index (χ2v) is 4.55. The molecule has 1 saturated carbocycles. The van der Waals surface area contributed by atoms with Crippen LogP contribution in [0.4, 0.5) is 0 Å². The molecule has 0 aliphatic heterocycles. The zero-order valence-corrected chi connectivity index (χ0v) is 9.88. The van der Waals surface area contributed by atoms with Crippen molar-refractivity contribution in [1.29, 1.82) is 0 Å². The largest absolute Gasteiger partial charge is 0.383 e. The molecule has 82 valence electrons. The Morgan fingerprint density at radius 1 is 1.43 bits per heavy atom. The van der Waals surface area contributed by atoms with Crippen molar-refractivity contribution in [2.75, 3.05) is 20.3 Å². The van der Waals surface area contributed by atoms with Gasteiger partial charge in [0.05, 0.1) is 6.61 Å². The Hall–Kier alpha value is -0.350. The van der Waals surface area contributed by atoms with Gasteiger partial charge in [-0.05, 0) is 32.0 Å². The van der Waals surface area contributed by atoms with Crippen molar-refractivity contribution < 1.29 is 4.74 Å². The van der Waals surface area contributed by atoms with Crippen molar-refractivity contribution in [2.24, 2.45) is 0 Å². The average Bonchev–Trinajstić information content (AvgIpc) is 2.52. The summed E-state index contributed by atoms with van der Waals surface area (Å²) in [7, 11) is 1.69. The maximum Gasteiger partial charge on any atom is 0.166 e. The van der Waals surface area contributed by atoms with Crippen LogP contribution < -0.4 is 10.6 Å². The Morgan fingerprint density at radius 2 is 2.07 bits per heavy atom. The summed E-state index contributed by atoms with van der Waals surface area (Å²) >= 11 is 5.20. The molecule has 1 rings (SSSR count). The van der Waals surface area contributed by atoms with Crippen LogP contribution in [-0.2, 0) is 4.74 Å². The van der Waals surface area contributed by atoms with E-state index in [2.05, 4.69) is 17.6 Å². The molecule has 2 N–H and O–H groups in total. The number of methoxy groups -OCH3 is 1. The van der Waals surface area contributed by atoms with Gasteiger partial charge in [0, 0.05) is 19.2 Å². The van der Waals surface area contributed by atoms with Crippen molar-refractivity contribution >= 4 is 17.3 Å². The van der Waals surface area contributed by atoms with Crippen LogP contribution in [0.25, 0.3) is 0 Å². The van der Waals surface area contributed by atoms with Crippen LogP contribution in [0.5, 0.6) is 0 Å². The van der Waals surface area contributed by atoms with Crippen LogP contribution in [0.2, 0.25) is 0 Å². The maximum atomic E-state index is 5.20. The lowest BCUT2D eigenvalue weighted by atomic mass is 10.0. The average molecular weight is 216 g/mol. The van der Waals surface area contributed by atoms with Crippen LogP contribution in [0.1, 0.15) is 32.6 Å². The lowest BCUT2D eigenvalue weighted by molar-refractivity contribution is 0.203. The summed E-state index contributed by atoms with van der Waals surface area (Å²) in [6, 6.07) is 0. The number of nitrogens with one attached hydrogen (secondary N) is 2. The molecule has 0 heterocycles. The van der Waals surface area contributed by atoms with Gasteiger partial charge in [0.2, 0.25) is 0 Å². The van der Waals surface area contributed by atoms with Gasteiger partial charge in [0.15, 0.2) is 5.11 Å². The SMILES string of the molecule is COCCNC(=S)NC1(C)CCCC1. The molecule has 4 heteroatoms. The second kappa shape index (κ2) is 5.51. The number of thiocarbonyl (C=S) groups is 1. The van der Waals surface area contributed by atoms with Crippen LogP contribution >= 0.6 is 12.2 Å². The van der Waals surface area contributed by atoms with Crippen LogP contribution in [-0.4, -0.2) is 30.9 Å². The van der Waals surface area contributed by atoms with Crippen molar-refractivity contribution in [2.45, 2.75) is 38.1 Å². The molecule has 1 fully saturated rings. The molecule has 14 heavy (non-hydrogen) atoms. The first-order chi connectivity index (χ1) is 6.66. The normalized spacial score (nSPS) is 19.3. The fraction of sp³-hybridized carbons (Fsp3) is 0.900. The number of ether oxygens (including phenoxy) is 1. The molecule has 0 radical (unpaired) electrons. The lowest BCUT2D eigenvalue weighted by Gasteiger charge is -2.27. The number of hydrogen-bond acceptors (Lipinski definition) is 2. The summed E-state index contributed by atoms with van der Waals surface area (Å²) in [5, 5.41) is 7.27. The summed E-state index contributed by atoms with van der Waals surface area (Å²) in [4.78, 5) is 0. The van der Waals surface area contributed by atoms with Crippen LogP contribution in [0.15, 0.2) is 0 Å². The quantitative estimate of drug-likeness (QED) is 0.550. The highest BCUT2D eigenvalue weighted by molar-refractivity contribution is 7.80. The number of hydrogen-bond donors (Lipinski definition) is 2. The molecule has 1 aliphatic carbocycles. The third kappa shape index (κ3) is 3.80. The summed E-state index contributed by atoms with van der Waals surface area (Å²) in [6.07, 6.45) is 5.06. The van der Waals surface area contributed by atoms with Crippen molar-refractivity contribution in [3.05, 3.63) is 0 Å². The summed E-state index contributed by atoms with van der Waals surface area (Å²) in [6.45, 7) is 3.71. The highest BCUT2D eigenvalue weighted by atomic mass is 32.1. The van der Waals surface area contributed by atoms with Gasteiger partial charge in [0.1, 0.15) is 0 Å². The summed E-state index contributed by atoms with van der Waals surface area (Å²) in [5.41, 5.74) is 0.219. The van der Waals surface area contributed by atoms with Crippen molar-refractivity contribution in [1.82, 2.24) is 10.6 Å². The Morgan fingerprint density at radius 3 is 2.64 bits per heavy atom. The van der Waals surface area contributed by atoms with E-state index in [1.807, 2.05) is 0 Å². The second-order valence-electron chi connectivity index (χ2n) is 4.14. The van der Waals surface area contributed by atoms with Gasteiger partial charge >= 0.3 is 0 Å². The van der Waals surface area contributed by atoms with Crippen LogP contribution in [0, 0.1) is 0 Å². The monoisotopic (exact) mass is 216 g/mol. The van der Waals surface area contributed by atoms with Gasteiger partial charge in [-0.15, -0.1) is 0 Å². The molecular weight excluding hydrogens is 196 g/mol. The van der Waals surface area contributed by atoms with Gasteiger partial charge in [-0.2, -0.15) is 0 Å². The van der Waals surface area contributed by atoms with E-state index in [0.29, 0.717) is 6.61 Å². The van der Waals surface area contributed by atoms with E-state index in [-0.39, 0.29) is 5.54 Å². The first kappa shape index (κ1) is 11.7. The van der Waals surface area contributed by atoms with E-state index in [0.717, 1.165) is 11.7 Å². The molecule has 0 unspecified atom stereocenters. The van der Waals surface area contributed by atoms with E-state index in [1.165, 1.54) is 25.7 Å². The molecule has 0 amide bonds. The lowest BCUT2D eigenvalue weighted by Crippen LogP contribution is -2.48. The van der Waals surface area contributed by atoms with Gasteiger partial charge in [0.25, 0.3) is 0 Å².